The summed E-state index contributed by atoms with van der Waals surface area (Å²) in [5.41, 5.74) is 4.02. The number of hydrogen-bond acceptors (Lipinski definition) is 5. The molecule has 0 aliphatic heterocycles. The predicted molar refractivity (Wildman–Crippen MR) is 151 cm³/mol. The summed E-state index contributed by atoms with van der Waals surface area (Å²) in [5.74, 6) is 0.439. The maximum absolute atomic E-state index is 10.5. The Morgan fingerprint density at radius 1 is 0.892 bits per heavy atom. The highest BCUT2D eigenvalue weighted by Crippen LogP contribution is 2.27. The number of β-amino-alcohol motifs (C(OH)–C–C–N with tert-alkyl or cyclic N) is 1. The molecule has 0 aliphatic carbocycles. The average Bonchev–Trinajstić information content (AvgIpc) is 2.90. The van der Waals surface area contributed by atoms with Crippen molar-refractivity contribution in [3.05, 3.63) is 102 Å². The molecule has 0 aromatic heterocycles. The number of fused-ring (bicyclic) bond motifs is 1. The standard InChI is InChI=1S/C31H32N2O3.ClH/c1-31(2,17-22-10-11-24-7-3-4-8-25(24)14-22)33-19-29(35)21-36-30-13-12-27(16-28(30)18-32)26-9-5-6-23(15-26)20-34;/h3-16,29,33-35H,17,19-21H2,1-2H3;1H/t29-;/m1./s1. The number of benzene rings is 4. The fourth-order valence-corrected chi connectivity index (χ4v) is 4.33. The third-order valence-electron chi connectivity index (χ3n) is 6.25. The summed E-state index contributed by atoms with van der Waals surface area (Å²) in [4.78, 5) is 0. The number of nitriles is 1. The highest BCUT2D eigenvalue weighted by atomic mass is 35.5. The van der Waals surface area contributed by atoms with Crippen molar-refractivity contribution >= 4 is 23.2 Å². The van der Waals surface area contributed by atoms with Gasteiger partial charge < -0.3 is 20.3 Å². The molecule has 4 aromatic carbocycles. The number of ether oxygens (including phenoxy) is 1. The van der Waals surface area contributed by atoms with Crippen LogP contribution in [0.2, 0.25) is 0 Å². The molecule has 0 saturated heterocycles. The molecule has 0 unspecified atom stereocenters. The molecule has 0 aliphatic rings. The summed E-state index contributed by atoms with van der Waals surface area (Å²) in [7, 11) is 0. The van der Waals surface area contributed by atoms with E-state index < -0.39 is 6.10 Å². The van der Waals surface area contributed by atoms with Crippen LogP contribution in [-0.2, 0) is 13.0 Å². The molecule has 5 nitrogen and oxygen atoms in total. The van der Waals surface area contributed by atoms with Gasteiger partial charge in [0.05, 0.1) is 12.2 Å². The molecule has 0 amide bonds. The van der Waals surface area contributed by atoms with Gasteiger partial charge in [-0.1, -0.05) is 66.7 Å². The molecule has 0 fully saturated rings. The lowest BCUT2D eigenvalue weighted by molar-refractivity contribution is 0.0987. The Bertz CT molecular complexity index is 1380. The van der Waals surface area contributed by atoms with Crippen LogP contribution in [0.1, 0.15) is 30.5 Å². The van der Waals surface area contributed by atoms with Crippen LogP contribution in [0.4, 0.5) is 0 Å². The maximum Gasteiger partial charge on any atom is 0.137 e. The molecule has 6 heteroatoms. The minimum absolute atomic E-state index is 0. The van der Waals surface area contributed by atoms with Crippen LogP contribution < -0.4 is 10.1 Å². The van der Waals surface area contributed by atoms with Crippen molar-refractivity contribution in [2.24, 2.45) is 0 Å². The van der Waals surface area contributed by atoms with E-state index in [9.17, 15) is 15.5 Å². The molecule has 1 atom stereocenters. The zero-order valence-corrected chi connectivity index (χ0v) is 22.0. The zero-order valence-electron chi connectivity index (χ0n) is 21.1. The Balaban J connectivity index is 0.00000380. The lowest BCUT2D eigenvalue weighted by Crippen LogP contribution is -2.46. The molecule has 0 saturated carbocycles. The molecule has 192 valence electrons. The summed E-state index contributed by atoms with van der Waals surface area (Å²) in [6, 6.07) is 30.0. The minimum atomic E-state index is -0.728. The Kier molecular flexibility index (Phi) is 9.68. The Morgan fingerprint density at radius 2 is 1.65 bits per heavy atom. The Hall–Kier alpha value is -3.40. The van der Waals surface area contributed by atoms with E-state index in [2.05, 4.69) is 55.6 Å². The first-order chi connectivity index (χ1) is 17.4. The molecule has 4 rings (SSSR count). The first-order valence-electron chi connectivity index (χ1n) is 12.1. The lowest BCUT2D eigenvalue weighted by Gasteiger charge is -2.28. The maximum atomic E-state index is 10.5. The van der Waals surface area contributed by atoms with Crippen molar-refractivity contribution in [1.29, 1.82) is 5.26 Å². The molecule has 0 radical (unpaired) electrons. The minimum Gasteiger partial charge on any atom is -0.489 e. The zero-order chi connectivity index (χ0) is 25.5. The van der Waals surface area contributed by atoms with Gasteiger partial charge in [0.15, 0.2) is 0 Å². The topological polar surface area (TPSA) is 85.5 Å². The van der Waals surface area contributed by atoms with Gasteiger partial charge in [-0.3, -0.25) is 0 Å². The smallest absolute Gasteiger partial charge is 0.137 e. The highest BCUT2D eigenvalue weighted by Gasteiger charge is 2.20. The van der Waals surface area contributed by atoms with E-state index >= 15 is 0 Å². The first-order valence-corrected chi connectivity index (χ1v) is 12.1. The second-order valence-corrected chi connectivity index (χ2v) is 9.77. The van der Waals surface area contributed by atoms with Crippen molar-refractivity contribution in [3.8, 4) is 22.9 Å². The van der Waals surface area contributed by atoms with Crippen molar-refractivity contribution < 1.29 is 14.9 Å². The molecular formula is C31H33ClN2O3. The molecule has 0 heterocycles. The number of halogens is 1. The Morgan fingerprint density at radius 3 is 2.41 bits per heavy atom. The van der Waals surface area contributed by atoms with Gasteiger partial charge in [-0.15, -0.1) is 12.4 Å². The number of hydrogen-bond donors (Lipinski definition) is 3. The van der Waals surface area contributed by atoms with Crippen LogP contribution in [0, 0.1) is 11.3 Å². The van der Waals surface area contributed by atoms with E-state index in [1.165, 1.54) is 16.3 Å². The summed E-state index contributed by atoms with van der Waals surface area (Å²) < 4.78 is 5.80. The van der Waals surface area contributed by atoms with Crippen molar-refractivity contribution in [1.82, 2.24) is 5.32 Å². The van der Waals surface area contributed by atoms with E-state index in [1.807, 2.05) is 42.5 Å². The Labute approximate surface area is 224 Å². The monoisotopic (exact) mass is 516 g/mol. The molecule has 3 N–H and O–H groups in total. The second-order valence-electron chi connectivity index (χ2n) is 9.77. The van der Waals surface area contributed by atoms with Crippen LogP contribution in [0.5, 0.6) is 5.75 Å². The van der Waals surface area contributed by atoms with Crippen molar-refractivity contribution in [3.63, 3.8) is 0 Å². The average molecular weight is 517 g/mol. The van der Waals surface area contributed by atoms with Crippen LogP contribution in [-0.4, -0.2) is 35.0 Å². The lowest BCUT2D eigenvalue weighted by atomic mass is 9.93. The fourth-order valence-electron chi connectivity index (χ4n) is 4.33. The third kappa shape index (κ3) is 7.55. The van der Waals surface area contributed by atoms with Crippen LogP contribution >= 0.6 is 12.4 Å². The summed E-state index contributed by atoms with van der Waals surface area (Å²) in [5, 5.41) is 35.4. The van der Waals surface area contributed by atoms with Gasteiger partial charge in [0.25, 0.3) is 0 Å². The molecular weight excluding hydrogens is 484 g/mol. The van der Waals surface area contributed by atoms with Crippen molar-refractivity contribution in [2.75, 3.05) is 13.2 Å². The first kappa shape index (κ1) is 28.2. The van der Waals surface area contributed by atoms with E-state index in [-0.39, 0.29) is 31.2 Å². The summed E-state index contributed by atoms with van der Waals surface area (Å²) >= 11 is 0. The van der Waals surface area contributed by atoms with Gasteiger partial charge in [0.1, 0.15) is 24.5 Å². The third-order valence-corrected chi connectivity index (χ3v) is 6.25. The van der Waals surface area contributed by atoms with Gasteiger partial charge in [-0.05, 0) is 71.5 Å². The second kappa shape index (κ2) is 12.7. The molecule has 0 bridgehead atoms. The van der Waals surface area contributed by atoms with Crippen LogP contribution in [0.3, 0.4) is 0 Å². The van der Waals surface area contributed by atoms with Gasteiger partial charge in [0.2, 0.25) is 0 Å². The fraction of sp³-hybridized carbons (Fsp3) is 0.258. The number of rotatable bonds is 10. The van der Waals surface area contributed by atoms with Gasteiger partial charge in [-0.2, -0.15) is 5.26 Å². The van der Waals surface area contributed by atoms with Gasteiger partial charge >= 0.3 is 0 Å². The molecule has 37 heavy (non-hydrogen) atoms. The number of aliphatic hydroxyl groups is 2. The van der Waals surface area contributed by atoms with Gasteiger partial charge in [-0.25, -0.2) is 0 Å². The number of aliphatic hydroxyl groups excluding tert-OH is 2. The van der Waals surface area contributed by atoms with Crippen LogP contribution in [0.15, 0.2) is 84.9 Å². The number of nitrogens with one attached hydrogen (secondary N) is 1. The molecule has 4 aromatic rings. The number of nitrogens with zero attached hydrogens (tertiary/aromatic N) is 1. The van der Waals surface area contributed by atoms with Gasteiger partial charge in [0, 0.05) is 12.1 Å². The van der Waals surface area contributed by atoms with E-state index in [1.54, 1.807) is 12.1 Å². The van der Waals surface area contributed by atoms with E-state index in [4.69, 9.17) is 4.74 Å². The highest BCUT2D eigenvalue weighted by molar-refractivity contribution is 5.85. The van der Waals surface area contributed by atoms with E-state index in [0.29, 0.717) is 17.9 Å². The summed E-state index contributed by atoms with van der Waals surface area (Å²) in [6.45, 7) is 4.65. The quantitative estimate of drug-likeness (QED) is 0.254. The predicted octanol–water partition coefficient (Wildman–Crippen LogP) is 5.64. The van der Waals surface area contributed by atoms with Crippen molar-refractivity contribution in [2.45, 2.75) is 38.5 Å². The summed E-state index contributed by atoms with van der Waals surface area (Å²) in [6.07, 6.45) is 0.0940. The SMILES string of the molecule is CC(C)(Cc1ccc2ccccc2c1)NC[C@@H](O)COc1ccc(-c2cccc(CO)c2)cc1C#N.Cl. The largest absolute Gasteiger partial charge is 0.489 e. The molecule has 0 spiro atoms. The normalized spacial score (nSPS) is 12.0. The van der Waals surface area contributed by atoms with E-state index in [0.717, 1.165) is 23.1 Å². The van der Waals surface area contributed by atoms with Crippen LogP contribution in [0.25, 0.3) is 21.9 Å².